The van der Waals surface area contributed by atoms with E-state index in [1.54, 1.807) is 0 Å². The lowest BCUT2D eigenvalue weighted by atomic mass is 9.98. The molecule has 2 atom stereocenters. The van der Waals surface area contributed by atoms with Gasteiger partial charge in [-0.1, -0.05) is 13.8 Å². The van der Waals surface area contributed by atoms with Crippen LogP contribution in [0.25, 0.3) is 0 Å². The summed E-state index contributed by atoms with van der Waals surface area (Å²) in [6.07, 6.45) is 0.910. The summed E-state index contributed by atoms with van der Waals surface area (Å²) < 4.78 is 0. The minimum atomic E-state index is -0.166. The Morgan fingerprint density at radius 3 is 2.55 bits per heavy atom. The molecule has 0 bridgehead atoms. The lowest BCUT2D eigenvalue weighted by Crippen LogP contribution is -2.26. The molecule has 3 N–H and O–H groups in total. The molecule has 64 valence electrons. The number of hydrogen-bond donors (Lipinski definition) is 2. The molecular formula is C8H16N2O. The molecule has 1 aliphatic heterocycles. The Morgan fingerprint density at radius 1 is 1.64 bits per heavy atom. The summed E-state index contributed by atoms with van der Waals surface area (Å²) in [5.74, 6) is 0.488. The maximum Gasteiger partial charge on any atom is 0.221 e. The second-order valence-corrected chi connectivity index (χ2v) is 3.59. The normalized spacial score (nSPS) is 31.2. The SMILES string of the molecule is CC(C)C1CC(C(N)=O)CN1. The fourth-order valence-corrected chi connectivity index (χ4v) is 1.49. The zero-order valence-electron chi connectivity index (χ0n) is 7.13. The molecule has 0 aromatic heterocycles. The monoisotopic (exact) mass is 156 g/mol. The number of carbonyl (C=O) groups excluding carboxylic acids is 1. The van der Waals surface area contributed by atoms with Crippen molar-refractivity contribution in [3.8, 4) is 0 Å². The third-order valence-electron chi connectivity index (χ3n) is 2.37. The van der Waals surface area contributed by atoms with Gasteiger partial charge in [0.05, 0.1) is 5.92 Å². The van der Waals surface area contributed by atoms with Crippen molar-refractivity contribution in [1.82, 2.24) is 5.32 Å². The first-order valence-electron chi connectivity index (χ1n) is 4.14. The maximum atomic E-state index is 10.8. The molecule has 1 aliphatic rings. The van der Waals surface area contributed by atoms with Crippen LogP contribution in [0.1, 0.15) is 20.3 Å². The molecule has 0 aromatic rings. The molecule has 0 radical (unpaired) electrons. The molecule has 0 spiro atoms. The molecule has 1 rings (SSSR count). The highest BCUT2D eigenvalue weighted by molar-refractivity contribution is 5.77. The van der Waals surface area contributed by atoms with E-state index >= 15 is 0 Å². The minimum absolute atomic E-state index is 0.0578. The van der Waals surface area contributed by atoms with Crippen molar-refractivity contribution < 1.29 is 4.79 Å². The van der Waals surface area contributed by atoms with Crippen molar-refractivity contribution in [2.75, 3.05) is 6.54 Å². The number of amides is 1. The zero-order valence-corrected chi connectivity index (χ0v) is 7.13. The number of carbonyl (C=O) groups is 1. The van der Waals surface area contributed by atoms with Crippen LogP contribution in [0.15, 0.2) is 0 Å². The number of nitrogens with one attached hydrogen (secondary N) is 1. The van der Waals surface area contributed by atoms with Crippen LogP contribution in [0.3, 0.4) is 0 Å². The number of rotatable bonds is 2. The van der Waals surface area contributed by atoms with Crippen LogP contribution in [-0.2, 0) is 4.79 Å². The highest BCUT2D eigenvalue weighted by atomic mass is 16.1. The van der Waals surface area contributed by atoms with Crippen LogP contribution in [0.2, 0.25) is 0 Å². The van der Waals surface area contributed by atoms with E-state index in [0.717, 1.165) is 13.0 Å². The average Bonchev–Trinajstić information content (AvgIpc) is 2.33. The molecule has 0 aromatic carbocycles. The Balaban J connectivity index is 2.41. The molecule has 3 heteroatoms. The van der Waals surface area contributed by atoms with E-state index in [-0.39, 0.29) is 11.8 Å². The first-order chi connectivity index (χ1) is 5.11. The standard InChI is InChI=1S/C8H16N2O/c1-5(2)7-3-6(4-10-7)8(9)11/h5-7,10H,3-4H2,1-2H3,(H2,9,11). The van der Waals surface area contributed by atoms with Gasteiger partial charge in [0.1, 0.15) is 0 Å². The van der Waals surface area contributed by atoms with Gasteiger partial charge in [-0.05, 0) is 12.3 Å². The van der Waals surface area contributed by atoms with Gasteiger partial charge in [-0.2, -0.15) is 0 Å². The van der Waals surface area contributed by atoms with Gasteiger partial charge in [0.2, 0.25) is 5.91 Å². The van der Waals surface area contributed by atoms with E-state index in [9.17, 15) is 4.79 Å². The average molecular weight is 156 g/mol. The van der Waals surface area contributed by atoms with Crippen molar-refractivity contribution in [1.29, 1.82) is 0 Å². The molecule has 1 saturated heterocycles. The fourth-order valence-electron chi connectivity index (χ4n) is 1.49. The Kier molecular flexibility index (Phi) is 2.49. The van der Waals surface area contributed by atoms with Crippen molar-refractivity contribution in [2.45, 2.75) is 26.3 Å². The van der Waals surface area contributed by atoms with Gasteiger partial charge in [-0.15, -0.1) is 0 Å². The van der Waals surface area contributed by atoms with Crippen LogP contribution in [0.4, 0.5) is 0 Å². The van der Waals surface area contributed by atoms with Crippen molar-refractivity contribution >= 4 is 5.91 Å². The van der Waals surface area contributed by atoms with E-state index in [4.69, 9.17) is 5.73 Å². The number of hydrogen-bond acceptors (Lipinski definition) is 2. The summed E-state index contributed by atoms with van der Waals surface area (Å²) in [7, 11) is 0. The largest absolute Gasteiger partial charge is 0.369 e. The molecule has 1 heterocycles. The predicted octanol–water partition coefficient (Wildman–Crippen LogP) is 0.106. The molecule has 1 amide bonds. The van der Waals surface area contributed by atoms with Crippen LogP contribution in [0.5, 0.6) is 0 Å². The van der Waals surface area contributed by atoms with E-state index in [1.807, 2.05) is 0 Å². The molecule has 0 aliphatic carbocycles. The van der Waals surface area contributed by atoms with Crippen LogP contribution in [-0.4, -0.2) is 18.5 Å². The Morgan fingerprint density at radius 2 is 2.27 bits per heavy atom. The summed E-state index contributed by atoms with van der Waals surface area (Å²) in [6.45, 7) is 5.07. The summed E-state index contributed by atoms with van der Waals surface area (Å²) >= 11 is 0. The van der Waals surface area contributed by atoms with Gasteiger partial charge < -0.3 is 11.1 Å². The highest BCUT2D eigenvalue weighted by Gasteiger charge is 2.29. The van der Waals surface area contributed by atoms with E-state index < -0.39 is 0 Å². The maximum absolute atomic E-state index is 10.8. The van der Waals surface area contributed by atoms with Gasteiger partial charge in [-0.25, -0.2) is 0 Å². The quantitative estimate of drug-likeness (QED) is 0.596. The lowest BCUT2D eigenvalue weighted by molar-refractivity contribution is -0.121. The van der Waals surface area contributed by atoms with E-state index in [2.05, 4.69) is 19.2 Å². The van der Waals surface area contributed by atoms with E-state index in [0.29, 0.717) is 12.0 Å². The van der Waals surface area contributed by atoms with Gasteiger partial charge in [0.15, 0.2) is 0 Å². The van der Waals surface area contributed by atoms with Gasteiger partial charge in [0, 0.05) is 12.6 Å². The number of nitrogens with two attached hydrogens (primary N) is 1. The van der Waals surface area contributed by atoms with E-state index in [1.165, 1.54) is 0 Å². The number of primary amides is 1. The molecule has 2 unspecified atom stereocenters. The molecular weight excluding hydrogens is 140 g/mol. The van der Waals surface area contributed by atoms with Crippen LogP contribution >= 0.6 is 0 Å². The summed E-state index contributed by atoms with van der Waals surface area (Å²) in [6, 6.07) is 0.479. The molecule has 11 heavy (non-hydrogen) atoms. The molecule has 3 nitrogen and oxygen atoms in total. The van der Waals surface area contributed by atoms with Gasteiger partial charge in [0.25, 0.3) is 0 Å². The fraction of sp³-hybridized carbons (Fsp3) is 0.875. The molecule has 0 saturated carbocycles. The van der Waals surface area contributed by atoms with Gasteiger partial charge >= 0.3 is 0 Å². The van der Waals surface area contributed by atoms with Crippen molar-refractivity contribution in [3.05, 3.63) is 0 Å². The Hall–Kier alpha value is -0.570. The third kappa shape index (κ3) is 1.93. The first kappa shape index (κ1) is 8.53. The Bertz CT molecular complexity index is 156. The molecule has 1 fully saturated rings. The second kappa shape index (κ2) is 3.22. The minimum Gasteiger partial charge on any atom is -0.369 e. The zero-order chi connectivity index (χ0) is 8.43. The summed E-state index contributed by atoms with van der Waals surface area (Å²) in [5, 5.41) is 3.29. The summed E-state index contributed by atoms with van der Waals surface area (Å²) in [4.78, 5) is 10.8. The second-order valence-electron chi connectivity index (χ2n) is 3.59. The van der Waals surface area contributed by atoms with Crippen molar-refractivity contribution in [3.63, 3.8) is 0 Å². The summed E-state index contributed by atoms with van der Waals surface area (Å²) in [5.41, 5.74) is 5.18. The van der Waals surface area contributed by atoms with Crippen LogP contribution in [0, 0.1) is 11.8 Å². The predicted molar refractivity (Wildman–Crippen MR) is 43.9 cm³/mol. The van der Waals surface area contributed by atoms with Crippen molar-refractivity contribution in [2.24, 2.45) is 17.6 Å². The highest BCUT2D eigenvalue weighted by Crippen LogP contribution is 2.18. The smallest absolute Gasteiger partial charge is 0.221 e. The Labute approximate surface area is 67.3 Å². The third-order valence-corrected chi connectivity index (χ3v) is 2.37. The van der Waals surface area contributed by atoms with Gasteiger partial charge in [-0.3, -0.25) is 4.79 Å². The topological polar surface area (TPSA) is 55.1 Å². The first-order valence-corrected chi connectivity index (χ1v) is 4.14. The lowest BCUT2D eigenvalue weighted by Gasteiger charge is -2.13. The van der Waals surface area contributed by atoms with Crippen LogP contribution < -0.4 is 11.1 Å².